The zero-order chi connectivity index (χ0) is 10.8. The normalized spacial score (nSPS) is 12.7. The maximum Gasteiger partial charge on any atom is 0.0701 e. The summed E-state index contributed by atoms with van der Waals surface area (Å²) >= 11 is 12.3. The zero-order valence-electron chi connectivity index (χ0n) is 7.58. The van der Waals surface area contributed by atoms with Gasteiger partial charge >= 0.3 is 0 Å². The smallest absolute Gasteiger partial charge is 0.0701 e. The number of alkyl halides is 1. The van der Waals surface area contributed by atoms with Crippen LogP contribution in [0.3, 0.4) is 0 Å². The van der Waals surface area contributed by atoms with Gasteiger partial charge in [0, 0.05) is 4.47 Å². The lowest BCUT2D eigenvalue weighted by molar-refractivity contribution is 1.19. The van der Waals surface area contributed by atoms with E-state index in [2.05, 4.69) is 83.5 Å². The third kappa shape index (κ3) is 2.93. The Labute approximate surface area is 118 Å². The average molecular weight is 411 g/mol. The van der Waals surface area contributed by atoms with E-state index in [1.165, 1.54) is 14.9 Å². The van der Waals surface area contributed by atoms with Crippen molar-refractivity contribution in [2.24, 2.45) is 0 Å². The lowest BCUT2D eigenvalue weighted by atomic mass is 10.1. The highest BCUT2D eigenvalue weighted by Crippen LogP contribution is 2.35. The van der Waals surface area contributed by atoms with Gasteiger partial charge in [-0.05, 0) is 50.6 Å². The van der Waals surface area contributed by atoms with Gasteiger partial charge in [-0.2, -0.15) is 0 Å². The summed E-state index contributed by atoms with van der Waals surface area (Å²) < 4.78 is 2.27. The average Bonchev–Trinajstić information content (AvgIpc) is 2.65. The molecule has 0 radical (unpaired) electrons. The first-order valence-corrected chi connectivity index (χ1v) is 7.68. The monoisotopic (exact) mass is 408 g/mol. The van der Waals surface area contributed by atoms with Crippen LogP contribution in [0.1, 0.15) is 16.0 Å². The standard InChI is InChI=1S/C11H7Br3S/c12-9-3-1-7(2-4-9)11(14)8-5-10(13)15-6-8/h1-6,11H. The molecule has 0 spiro atoms. The van der Waals surface area contributed by atoms with Gasteiger partial charge in [0.25, 0.3) is 0 Å². The van der Waals surface area contributed by atoms with Gasteiger partial charge < -0.3 is 0 Å². The molecule has 15 heavy (non-hydrogen) atoms. The van der Waals surface area contributed by atoms with Crippen LogP contribution in [0, 0.1) is 0 Å². The second kappa shape index (κ2) is 5.13. The fourth-order valence-electron chi connectivity index (χ4n) is 1.28. The van der Waals surface area contributed by atoms with Gasteiger partial charge in [-0.15, -0.1) is 11.3 Å². The van der Waals surface area contributed by atoms with Gasteiger partial charge in [-0.25, -0.2) is 0 Å². The van der Waals surface area contributed by atoms with Crippen LogP contribution in [-0.4, -0.2) is 0 Å². The minimum absolute atomic E-state index is 0.271. The van der Waals surface area contributed by atoms with Crippen molar-refractivity contribution in [1.29, 1.82) is 0 Å². The molecule has 1 aromatic heterocycles. The third-order valence-corrected chi connectivity index (χ3v) is 5.15. The van der Waals surface area contributed by atoms with Crippen molar-refractivity contribution in [3.05, 3.63) is 55.1 Å². The first-order chi connectivity index (χ1) is 7.16. The topological polar surface area (TPSA) is 0 Å². The highest BCUT2D eigenvalue weighted by Gasteiger charge is 2.11. The van der Waals surface area contributed by atoms with Crippen LogP contribution < -0.4 is 0 Å². The van der Waals surface area contributed by atoms with E-state index in [1.54, 1.807) is 11.3 Å². The van der Waals surface area contributed by atoms with Crippen LogP contribution in [0.25, 0.3) is 0 Å². The number of halogens is 3. The molecule has 0 fully saturated rings. The van der Waals surface area contributed by atoms with Gasteiger partial charge in [0.15, 0.2) is 0 Å². The maximum absolute atomic E-state index is 3.70. The molecule has 0 nitrogen and oxygen atoms in total. The first kappa shape index (κ1) is 11.8. The lowest BCUT2D eigenvalue weighted by Crippen LogP contribution is -1.89. The van der Waals surface area contributed by atoms with E-state index in [9.17, 15) is 0 Å². The van der Waals surface area contributed by atoms with E-state index >= 15 is 0 Å². The molecule has 2 aromatic rings. The van der Waals surface area contributed by atoms with E-state index in [1.807, 2.05) is 0 Å². The Balaban J connectivity index is 2.28. The van der Waals surface area contributed by atoms with Gasteiger partial charge in [-0.3, -0.25) is 0 Å². The van der Waals surface area contributed by atoms with Crippen LogP contribution in [0.5, 0.6) is 0 Å². The maximum atomic E-state index is 3.70. The Morgan fingerprint density at radius 2 is 1.67 bits per heavy atom. The summed E-state index contributed by atoms with van der Waals surface area (Å²) in [6, 6.07) is 10.5. The van der Waals surface area contributed by atoms with Crippen LogP contribution in [0.15, 0.2) is 44.0 Å². The predicted octanol–water partition coefficient (Wildman–Crippen LogP) is 5.76. The van der Waals surface area contributed by atoms with Crippen LogP contribution >= 0.6 is 59.1 Å². The minimum atomic E-state index is 0.271. The Bertz CT molecular complexity index is 447. The fourth-order valence-corrected chi connectivity index (χ4v) is 3.49. The third-order valence-electron chi connectivity index (χ3n) is 2.04. The summed E-state index contributed by atoms with van der Waals surface area (Å²) in [6.07, 6.45) is 0. The molecule has 1 atom stereocenters. The summed E-state index contributed by atoms with van der Waals surface area (Å²) in [4.78, 5) is 0.271. The molecule has 0 amide bonds. The van der Waals surface area contributed by atoms with Crippen molar-refractivity contribution >= 4 is 59.1 Å². The summed E-state index contributed by atoms with van der Waals surface area (Å²) in [5.41, 5.74) is 2.55. The Morgan fingerprint density at radius 3 is 2.20 bits per heavy atom. The number of thiophene rings is 1. The predicted molar refractivity (Wildman–Crippen MR) is 76.9 cm³/mol. The molecule has 78 valence electrons. The lowest BCUT2D eigenvalue weighted by Gasteiger charge is -2.07. The van der Waals surface area contributed by atoms with E-state index in [0.717, 1.165) is 4.47 Å². The molecule has 4 heteroatoms. The number of benzene rings is 1. The molecule has 0 aliphatic carbocycles. The molecular formula is C11H7Br3S. The quantitative estimate of drug-likeness (QED) is 0.552. The molecule has 1 unspecified atom stereocenters. The number of hydrogen-bond donors (Lipinski definition) is 0. The molecular weight excluding hydrogens is 404 g/mol. The summed E-state index contributed by atoms with van der Waals surface area (Å²) in [6.45, 7) is 0. The van der Waals surface area contributed by atoms with Crippen molar-refractivity contribution in [3.63, 3.8) is 0 Å². The Kier molecular flexibility index (Phi) is 4.04. The summed E-state index contributed by atoms with van der Waals surface area (Å²) in [7, 11) is 0. The van der Waals surface area contributed by atoms with Crippen molar-refractivity contribution in [2.75, 3.05) is 0 Å². The van der Waals surface area contributed by atoms with Gasteiger partial charge in [0.1, 0.15) is 0 Å². The van der Waals surface area contributed by atoms with Gasteiger partial charge in [0.05, 0.1) is 8.61 Å². The van der Waals surface area contributed by atoms with Crippen molar-refractivity contribution in [2.45, 2.75) is 4.83 Å². The van der Waals surface area contributed by atoms with Crippen LogP contribution in [-0.2, 0) is 0 Å². The first-order valence-electron chi connectivity index (χ1n) is 4.30. The molecule has 1 heterocycles. The highest BCUT2D eigenvalue weighted by molar-refractivity contribution is 9.11. The van der Waals surface area contributed by atoms with E-state index in [0.29, 0.717) is 0 Å². The molecule has 0 aliphatic rings. The van der Waals surface area contributed by atoms with E-state index < -0.39 is 0 Å². The molecule has 0 bridgehead atoms. The Hall–Kier alpha value is 0.360. The number of rotatable bonds is 2. The molecule has 0 saturated heterocycles. The SMILES string of the molecule is Brc1ccc(C(Br)c2csc(Br)c2)cc1. The van der Waals surface area contributed by atoms with E-state index in [-0.39, 0.29) is 4.83 Å². The van der Waals surface area contributed by atoms with Crippen molar-refractivity contribution < 1.29 is 0 Å². The number of hydrogen-bond acceptors (Lipinski definition) is 1. The van der Waals surface area contributed by atoms with Crippen molar-refractivity contribution in [3.8, 4) is 0 Å². The van der Waals surface area contributed by atoms with Gasteiger partial charge in [0.2, 0.25) is 0 Å². The van der Waals surface area contributed by atoms with E-state index in [4.69, 9.17) is 0 Å². The summed E-state index contributed by atoms with van der Waals surface area (Å²) in [5.74, 6) is 0. The largest absolute Gasteiger partial charge is 0.136 e. The van der Waals surface area contributed by atoms with Crippen LogP contribution in [0.2, 0.25) is 0 Å². The fraction of sp³-hybridized carbons (Fsp3) is 0.0909. The zero-order valence-corrected chi connectivity index (χ0v) is 13.2. The molecule has 0 saturated carbocycles. The van der Waals surface area contributed by atoms with Crippen molar-refractivity contribution in [1.82, 2.24) is 0 Å². The summed E-state index contributed by atoms with van der Waals surface area (Å²) in [5, 5.41) is 2.16. The molecule has 0 aliphatic heterocycles. The molecule has 0 N–H and O–H groups in total. The van der Waals surface area contributed by atoms with Crippen LogP contribution in [0.4, 0.5) is 0 Å². The highest BCUT2D eigenvalue weighted by atomic mass is 79.9. The second-order valence-corrected chi connectivity index (χ2v) is 7.22. The molecule has 1 aromatic carbocycles. The second-order valence-electron chi connectivity index (χ2n) is 3.10. The minimum Gasteiger partial charge on any atom is -0.136 e. The Morgan fingerprint density at radius 1 is 1.00 bits per heavy atom. The molecule has 2 rings (SSSR count). The van der Waals surface area contributed by atoms with Gasteiger partial charge in [-0.1, -0.05) is 44.0 Å².